The molecule has 0 aliphatic carbocycles. The van der Waals surface area contributed by atoms with Crippen LogP contribution in [0.2, 0.25) is 0 Å². The Kier molecular flexibility index (Phi) is 4.37. The van der Waals surface area contributed by atoms with Gasteiger partial charge in [0.15, 0.2) is 0 Å². The molecule has 0 unspecified atom stereocenters. The van der Waals surface area contributed by atoms with Crippen LogP contribution in [-0.2, 0) is 13.5 Å². The van der Waals surface area contributed by atoms with E-state index in [1.807, 2.05) is 19.2 Å². The van der Waals surface area contributed by atoms with Crippen molar-refractivity contribution in [2.24, 2.45) is 7.05 Å². The number of hydrogen-bond acceptors (Lipinski definition) is 2. The minimum absolute atomic E-state index is 0. The molecule has 19 heavy (non-hydrogen) atoms. The summed E-state index contributed by atoms with van der Waals surface area (Å²) >= 11 is 3.58. The first-order chi connectivity index (χ1) is 8.74. The van der Waals surface area contributed by atoms with Gasteiger partial charge in [-0.15, -0.1) is 22.1 Å². The van der Waals surface area contributed by atoms with Gasteiger partial charge in [0.1, 0.15) is 5.52 Å². The molecule has 98 valence electrons. The Hall–Kier alpha value is -1.20. The minimum Gasteiger partial charge on any atom is -0.248 e. The highest BCUT2D eigenvalue weighted by atomic mass is 79.9. The quantitative estimate of drug-likeness (QED) is 0.672. The van der Waals surface area contributed by atoms with Crippen molar-refractivity contribution in [2.45, 2.75) is 6.42 Å². The normalized spacial score (nSPS) is 10.4. The fraction of sp³-hybridized carbons (Fsp3) is 0.143. The van der Waals surface area contributed by atoms with Crippen LogP contribution in [0.5, 0.6) is 0 Å². The number of nitrogens with zero attached hydrogens (tertiary/aromatic N) is 3. The van der Waals surface area contributed by atoms with Gasteiger partial charge in [-0.3, -0.25) is 0 Å². The summed E-state index contributed by atoms with van der Waals surface area (Å²) in [5.41, 5.74) is 4.56. The van der Waals surface area contributed by atoms with Gasteiger partial charge in [0, 0.05) is 11.5 Å². The Bertz CT molecular complexity index is 707. The average molecular weight is 383 g/mol. The highest BCUT2D eigenvalue weighted by Gasteiger charge is 2.05. The highest BCUT2D eigenvalue weighted by molar-refractivity contribution is 9.10. The first-order valence-corrected chi connectivity index (χ1v) is 6.55. The van der Waals surface area contributed by atoms with E-state index in [0.717, 1.165) is 21.9 Å². The zero-order valence-electron chi connectivity index (χ0n) is 10.4. The standard InChI is InChI=1S/C14H12BrN3.BrH/c1-18-14-9-10(6-7-13(14)16-17-18)8-11-4-2-3-5-12(11)15;/h2-7,9H,8H2,1H3;1H. The van der Waals surface area contributed by atoms with Crippen LogP contribution in [-0.4, -0.2) is 15.0 Å². The Balaban J connectivity index is 0.00000133. The molecular weight excluding hydrogens is 370 g/mol. The molecular formula is C14H13Br2N3. The molecule has 0 spiro atoms. The third kappa shape index (κ3) is 2.87. The Morgan fingerprint density at radius 1 is 1.16 bits per heavy atom. The van der Waals surface area contributed by atoms with Crippen molar-refractivity contribution < 1.29 is 0 Å². The van der Waals surface area contributed by atoms with Gasteiger partial charge in [-0.05, 0) is 35.7 Å². The Morgan fingerprint density at radius 2 is 1.95 bits per heavy atom. The lowest BCUT2D eigenvalue weighted by Crippen LogP contribution is -1.92. The second-order valence-electron chi connectivity index (χ2n) is 4.30. The molecule has 2 aromatic carbocycles. The number of aryl methyl sites for hydroxylation is 1. The Labute approximate surface area is 130 Å². The molecule has 0 fully saturated rings. The third-order valence-electron chi connectivity index (χ3n) is 3.03. The Morgan fingerprint density at radius 3 is 2.74 bits per heavy atom. The monoisotopic (exact) mass is 381 g/mol. The molecule has 3 nitrogen and oxygen atoms in total. The molecule has 0 saturated heterocycles. The number of aromatic nitrogens is 3. The summed E-state index contributed by atoms with van der Waals surface area (Å²) in [7, 11) is 1.91. The van der Waals surface area contributed by atoms with Gasteiger partial charge in [0.25, 0.3) is 0 Å². The first kappa shape index (κ1) is 14.2. The largest absolute Gasteiger partial charge is 0.248 e. The predicted molar refractivity (Wildman–Crippen MR) is 85.8 cm³/mol. The first-order valence-electron chi connectivity index (χ1n) is 5.76. The number of fused-ring (bicyclic) bond motifs is 1. The van der Waals surface area contributed by atoms with Crippen LogP contribution in [0, 0.1) is 0 Å². The zero-order valence-corrected chi connectivity index (χ0v) is 13.7. The summed E-state index contributed by atoms with van der Waals surface area (Å²) in [6.07, 6.45) is 0.905. The smallest absolute Gasteiger partial charge is 0.113 e. The van der Waals surface area contributed by atoms with E-state index in [9.17, 15) is 0 Å². The lowest BCUT2D eigenvalue weighted by molar-refractivity contribution is 0.736. The van der Waals surface area contributed by atoms with Crippen LogP contribution in [0.4, 0.5) is 0 Å². The predicted octanol–water partition coefficient (Wildman–Crippen LogP) is 3.90. The van der Waals surface area contributed by atoms with E-state index in [4.69, 9.17) is 0 Å². The lowest BCUT2D eigenvalue weighted by Gasteiger charge is -2.04. The van der Waals surface area contributed by atoms with Crippen LogP contribution in [0.15, 0.2) is 46.9 Å². The van der Waals surface area contributed by atoms with E-state index in [-0.39, 0.29) is 17.0 Å². The van der Waals surface area contributed by atoms with E-state index in [1.165, 1.54) is 11.1 Å². The van der Waals surface area contributed by atoms with Gasteiger partial charge in [-0.2, -0.15) is 0 Å². The van der Waals surface area contributed by atoms with Crippen molar-refractivity contribution in [1.82, 2.24) is 15.0 Å². The van der Waals surface area contributed by atoms with Crippen molar-refractivity contribution >= 4 is 43.9 Å². The van der Waals surface area contributed by atoms with Gasteiger partial charge >= 0.3 is 0 Å². The maximum Gasteiger partial charge on any atom is 0.113 e. The van der Waals surface area contributed by atoms with Gasteiger partial charge in [-0.25, -0.2) is 4.68 Å². The maximum atomic E-state index is 4.09. The average Bonchev–Trinajstić information content (AvgIpc) is 2.74. The van der Waals surface area contributed by atoms with Crippen molar-refractivity contribution in [3.05, 3.63) is 58.1 Å². The lowest BCUT2D eigenvalue weighted by atomic mass is 10.0. The van der Waals surface area contributed by atoms with Crippen molar-refractivity contribution in [1.29, 1.82) is 0 Å². The molecule has 0 atom stereocenters. The topological polar surface area (TPSA) is 30.7 Å². The van der Waals surface area contributed by atoms with Gasteiger partial charge in [0.05, 0.1) is 5.52 Å². The fourth-order valence-electron chi connectivity index (χ4n) is 2.05. The van der Waals surface area contributed by atoms with E-state index >= 15 is 0 Å². The van der Waals surface area contributed by atoms with Gasteiger partial charge < -0.3 is 0 Å². The molecule has 0 aliphatic heterocycles. The molecule has 1 heterocycles. The minimum atomic E-state index is 0. The molecule has 0 radical (unpaired) electrons. The summed E-state index contributed by atoms with van der Waals surface area (Å²) < 4.78 is 2.95. The van der Waals surface area contributed by atoms with E-state index < -0.39 is 0 Å². The van der Waals surface area contributed by atoms with Crippen molar-refractivity contribution in [2.75, 3.05) is 0 Å². The van der Waals surface area contributed by atoms with E-state index in [0.29, 0.717) is 0 Å². The van der Waals surface area contributed by atoms with E-state index in [1.54, 1.807) is 4.68 Å². The number of rotatable bonds is 2. The second kappa shape index (κ2) is 5.84. The van der Waals surface area contributed by atoms with Crippen LogP contribution in [0.3, 0.4) is 0 Å². The van der Waals surface area contributed by atoms with Crippen LogP contribution in [0.25, 0.3) is 11.0 Å². The van der Waals surface area contributed by atoms with Gasteiger partial charge in [0.2, 0.25) is 0 Å². The van der Waals surface area contributed by atoms with Crippen LogP contribution >= 0.6 is 32.9 Å². The zero-order chi connectivity index (χ0) is 12.5. The summed E-state index contributed by atoms with van der Waals surface area (Å²) in [5, 5.41) is 8.11. The molecule has 0 bridgehead atoms. The number of hydrogen-bond donors (Lipinski definition) is 0. The van der Waals surface area contributed by atoms with Gasteiger partial charge in [-0.1, -0.05) is 45.4 Å². The van der Waals surface area contributed by atoms with Crippen molar-refractivity contribution in [3.63, 3.8) is 0 Å². The molecule has 0 saturated carbocycles. The molecule has 0 aliphatic rings. The molecule has 1 aromatic heterocycles. The molecule has 5 heteroatoms. The number of halogens is 2. The summed E-state index contributed by atoms with van der Waals surface area (Å²) in [4.78, 5) is 0. The molecule has 0 amide bonds. The van der Waals surface area contributed by atoms with E-state index in [2.05, 4.69) is 56.6 Å². The SMILES string of the molecule is Br.Cn1nnc2ccc(Cc3ccccc3Br)cc21. The maximum absolute atomic E-state index is 4.09. The summed E-state index contributed by atoms with van der Waals surface area (Å²) in [5.74, 6) is 0. The molecule has 3 rings (SSSR count). The van der Waals surface area contributed by atoms with Crippen molar-refractivity contribution in [3.8, 4) is 0 Å². The summed E-state index contributed by atoms with van der Waals surface area (Å²) in [6.45, 7) is 0. The van der Waals surface area contributed by atoms with Crippen LogP contribution in [0.1, 0.15) is 11.1 Å². The fourth-order valence-corrected chi connectivity index (χ4v) is 2.47. The van der Waals surface area contributed by atoms with Crippen LogP contribution < -0.4 is 0 Å². The highest BCUT2D eigenvalue weighted by Crippen LogP contribution is 2.21. The number of benzene rings is 2. The second-order valence-corrected chi connectivity index (χ2v) is 5.16. The third-order valence-corrected chi connectivity index (χ3v) is 3.80. The molecule has 0 N–H and O–H groups in total. The summed E-state index contributed by atoms with van der Waals surface area (Å²) in [6, 6.07) is 14.6. The molecule has 3 aromatic rings.